The third-order valence-electron chi connectivity index (χ3n) is 3.30. The Morgan fingerprint density at radius 2 is 1.94 bits per heavy atom. The molecule has 0 aliphatic carbocycles. The van der Waals surface area contributed by atoms with Crippen LogP contribution < -0.4 is 5.73 Å². The Hall–Kier alpha value is -1.60. The van der Waals surface area contributed by atoms with E-state index >= 15 is 0 Å². The second-order valence-corrected chi connectivity index (χ2v) is 4.37. The van der Waals surface area contributed by atoms with E-state index in [0.717, 1.165) is 0 Å². The lowest BCUT2D eigenvalue weighted by Gasteiger charge is -2.15. The zero-order valence-electron chi connectivity index (χ0n) is 10.8. The number of aromatic amines is 1. The standard InChI is InChI=1S/C11H18N4O3/c1-6-9(10(12)14-13-6)11(16)15-4-7(17-2)8(5-15)18-3/h7-8H,4-5H2,1-3H3,(H3,12,13,14). The van der Waals surface area contributed by atoms with Gasteiger partial charge in [0.15, 0.2) is 5.82 Å². The molecule has 0 spiro atoms. The normalized spacial score (nSPS) is 23.6. The van der Waals surface area contributed by atoms with Crippen LogP contribution in [0, 0.1) is 6.92 Å². The van der Waals surface area contributed by atoms with Crippen molar-refractivity contribution in [2.24, 2.45) is 0 Å². The van der Waals surface area contributed by atoms with Crippen molar-refractivity contribution in [2.45, 2.75) is 19.1 Å². The first-order valence-electron chi connectivity index (χ1n) is 5.73. The number of rotatable bonds is 3. The van der Waals surface area contributed by atoms with Crippen LogP contribution in [0.4, 0.5) is 5.82 Å². The second-order valence-electron chi connectivity index (χ2n) is 4.37. The van der Waals surface area contributed by atoms with E-state index in [-0.39, 0.29) is 23.9 Å². The van der Waals surface area contributed by atoms with Gasteiger partial charge >= 0.3 is 0 Å². The molecule has 18 heavy (non-hydrogen) atoms. The zero-order chi connectivity index (χ0) is 13.3. The summed E-state index contributed by atoms with van der Waals surface area (Å²) in [5, 5.41) is 6.54. The lowest BCUT2D eigenvalue weighted by atomic mass is 10.2. The molecule has 0 radical (unpaired) electrons. The summed E-state index contributed by atoms with van der Waals surface area (Å²) in [6.45, 7) is 2.77. The summed E-state index contributed by atoms with van der Waals surface area (Å²) in [6.07, 6.45) is -0.209. The fourth-order valence-corrected chi connectivity index (χ4v) is 2.24. The van der Waals surface area contributed by atoms with Crippen LogP contribution >= 0.6 is 0 Å². The number of ether oxygens (including phenoxy) is 2. The van der Waals surface area contributed by atoms with Crippen LogP contribution in [0.1, 0.15) is 16.1 Å². The average Bonchev–Trinajstić information content (AvgIpc) is 2.92. The van der Waals surface area contributed by atoms with Gasteiger partial charge in [0.25, 0.3) is 5.91 Å². The number of carbonyl (C=O) groups excluding carboxylic acids is 1. The van der Waals surface area contributed by atoms with E-state index in [2.05, 4.69) is 10.2 Å². The van der Waals surface area contributed by atoms with Crippen molar-refractivity contribution >= 4 is 11.7 Å². The molecule has 1 fully saturated rings. The van der Waals surface area contributed by atoms with Gasteiger partial charge in [-0.1, -0.05) is 0 Å². The van der Waals surface area contributed by atoms with Crippen molar-refractivity contribution in [3.8, 4) is 0 Å². The molecule has 1 saturated heterocycles. The van der Waals surface area contributed by atoms with Crippen LogP contribution in [0.25, 0.3) is 0 Å². The van der Waals surface area contributed by atoms with Gasteiger partial charge in [-0.3, -0.25) is 9.89 Å². The number of aryl methyl sites for hydroxylation is 1. The summed E-state index contributed by atoms with van der Waals surface area (Å²) >= 11 is 0. The smallest absolute Gasteiger partial charge is 0.259 e. The number of amides is 1. The third-order valence-corrected chi connectivity index (χ3v) is 3.30. The van der Waals surface area contributed by atoms with E-state index in [0.29, 0.717) is 24.3 Å². The van der Waals surface area contributed by atoms with Crippen molar-refractivity contribution in [2.75, 3.05) is 33.0 Å². The quantitative estimate of drug-likeness (QED) is 0.778. The summed E-state index contributed by atoms with van der Waals surface area (Å²) in [7, 11) is 3.23. The molecule has 3 N–H and O–H groups in total. The number of likely N-dealkylation sites (tertiary alicyclic amines) is 1. The number of nitrogens with one attached hydrogen (secondary N) is 1. The summed E-state index contributed by atoms with van der Waals surface area (Å²) in [5.74, 6) is 0.0904. The molecular formula is C11H18N4O3. The maximum atomic E-state index is 12.3. The van der Waals surface area contributed by atoms with Gasteiger partial charge in [-0.25, -0.2) is 0 Å². The first-order valence-corrected chi connectivity index (χ1v) is 5.73. The predicted octanol–water partition coefficient (Wildman–Crippen LogP) is -0.214. The number of carbonyl (C=O) groups is 1. The van der Waals surface area contributed by atoms with Crippen molar-refractivity contribution in [1.82, 2.24) is 15.1 Å². The number of aromatic nitrogens is 2. The molecule has 2 rings (SSSR count). The third kappa shape index (κ3) is 2.06. The van der Waals surface area contributed by atoms with Crippen LogP contribution in [0.3, 0.4) is 0 Å². The molecule has 1 aromatic rings. The molecule has 0 saturated carbocycles. The lowest BCUT2D eigenvalue weighted by molar-refractivity contribution is -0.00461. The number of hydrogen-bond donors (Lipinski definition) is 2. The number of H-pyrrole nitrogens is 1. The van der Waals surface area contributed by atoms with Gasteiger partial charge in [-0.2, -0.15) is 5.10 Å². The molecule has 2 unspecified atom stereocenters. The molecular weight excluding hydrogens is 236 g/mol. The van der Waals surface area contributed by atoms with E-state index in [1.807, 2.05) is 0 Å². The van der Waals surface area contributed by atoms with E-state index in [1.54, 1.807) is 26.0 Å². The van der Waals surface area contributed by atoms with E-state index < -0.39 is 0 Å². The Labute approximate surface area is 105 Å². The highest BCUT2D eigenvalue weighted by atomic mass is 16.5. The fraction of sp³-hybridized carbons (Fsp3) is 0.636. The molecule has 0 bridgehead atoms. The Balaban J connectivity index is 2.17. The van der Waals surface area contributed by atoms with Crippen molar-refractivity contribution in [3.63, 3.8) is 0 Å². The van der Waals surface area contributed by atoms with Crippen LogP contribution in [0.2, 0.25) is 0 Å². The SMILES string of the molecule is COC1CN(C(=O)c2c(N)n[nH]c2C)CC1OC. The molecule has 7 nitrogen and oxygen atoms in total. The van der Waals surface area contributed by atoms with E-state index in [9.17, 15) is 4.79 Å². The molecule has 1 amide bonds. The first-order chi connectivity index (χ1) is 8.58. The van der Waals surface area contributed by atoms with Gasteiger partial charge in [0.1, 0.15) is 17.8 Å². The molecule has 2 heterocycles. The Bertz CT molecular complexity index is 414. The number of nitrogen functional groups attached to an aromatic ring is 1. The highest BCUT2D eigenvalue weighted by Gasteiger charge is 2.37. The van der Waals surface area contributed by atoms with Gasteiger partial charge in [0.2, 0.25) is 0 Å². The van der Waals surface area contributed by atoms with Gasteiger partial charge in [0, 0.05) is 33.0 Å². The van der Waals surface area contributed by atoms with E-state index in [4.69, 9.17) is 15.2 Å². The van der Waals surface area contributed by atoms with Crippen LogP contribution in [-0.2, 0) is 9.47 Å². The highest BCUT2D eigenvalue weighted by Crippen LogP contribution is 2.21. The summed E-state index contributed by atoms with van der Waals surface area (Å²) in [4.78, 5) is 14.0. The molecule has 1 aliphatic rings. The maximum absolute atomic E-state index is 12.3. The van der Waals surface area contributed by atoms with Crippen molar-refractivity contribution < 1.29 is 14.3 Å². The number of anilines is 1. The largest absolute Gasteiger partial charge is 0.382 e. The number of hydrogen-bond acceptors (Lipinski definition) is 5. The fourth-order valence-electron chi connectivity index (χ4n) is 2.24. The highest BCUT2D eigenvalue weighted by molar-refractivity contribution is 5.99. The first kappa shape index (κ1) is 12.8. The molecule has 0 aromatic carbocycles. The minimum Gasteiger partial charge on any atom is -0.382 e. The Kier molecular flexibility index (Phi) is 3.53. The van der Waals surface area contributed by atoms with Gasteiger partial charge < -0.3 is 20.1 Å². The minimum atomic E-state index is -0.139. The minimum absolute atomic E-state index is 0.104. The lowest BCUT2D eigenvalue weighted by Crippen LogP contribution is -2.30. The second kappa shape index (κ2) is 4.95. The average molecular weight is 254 g/mol. The van der Waals surface area contributed by atoms with Crippen LogP contribution in [-0.4, -0.2) is 60.5 Å². The number of nitrogens with two attached hydrogens (primary N) is 1. The Morgan fingerprint density at radius 1 is 1.39 bits per heavy atom. The van der Waals surface area contributed by atoms with Gasteiger partial charge in [0.05, 0.1) is 0 Å². The monoisotopic (exact) mass is 254 g/mol. The molecule has 2 atom stereocenters. The molecule has 7 heteroatoms. The molecule has 1 aromatic heterocycles. The number of nitrogens with zero attached hydrogens (tertiary/aromatic N) is 2. The van der Waals surface area contributed by atoms with Crippen LogP contribution in [0.15, 0.2) is 0 Å². The van der Waals surface area contributed by atoms with Crippen molar-refractivity contribution in [1.29, 1.82) is 0 Å². The Morgan fingerprint density at radius 3 is 2.33 bits per heavy atom. The molecule has 1 aliphatic heterocycles. The topological polar surface area (TPSA) is 93.5 Å². The maximum Gasteiger partial charge on any atom is 0.259 e. The van der Waals surface area contributed by atoms with Gasteiger partial charge in [-0.15, -0.1) is 0 Å². The summed E-state index contributed by atoms with van der Waals surface area (Å²) < 4.78 is 10.6. The summed E-state index contributed by atoms with van der Waals surface area (Å²) in [5.41, 5.74) is 6.80. The van der Waals surface area contributed by atoms with Gasteiger partial charge in [-0.05, 0) is 6.92 Å². The number of methoxy groups -OCH3 is 2. The zero-order valence-corrected chi connectivity index (χ0v) is 10.8. The van der Waals surface area contributed by atoms with Crippen LogP contribution in [0.5, 0.6) is 0 Å². The molecule has 100 valence electrons. The van der Waals surface area contributed by atoms with E-state index in [1.165, 1.54) is 0 Å². The van der Waals surface area contributed by atoms with Crippen molar-refractivity contribution in [3.05, 3.63) is 11.3 Å². The summed E-state index contributed by atoms with van der Waals surface area (Å²) in [6, 6.07) is 0. The predicted molar refractivity (Wildman–Crippen MR) is 65.2 cm³/mol.